The van der Waals surface area contributed by atoms with Crippen molar-refractivity contribution in [3.8, 4) is 28.3 Å². The maximum Gasteiger partial charge on any atom is 0.235 e. The summed E-state index contributed by atoms with van der Waals surface area (Å²) >= 11 is 1.87. The summed E-state index contributed by atoms with van der Waals surface area (Å²) in [5.41, 5.74) is 7.48. The van der Waals surface area contributed by atoms with Gasteiger partial charge in [-0.3, -0.25) is 4.57 Å². The van der Waals surface area contributed by atoms with Crippen LogP contribution in [0.2, 0.25) is 0 Å². The number of nitrogens with zero attached hydrogens (tertiary/aromatic N) is 3. The molecule has 11 aromatic rings. The monoisotopic (exact) mass is 653 g/mol. The summed E-state index contributed by atoms with van der Waals surface area (Å²) in [6.07, 6.45) is 0. The van der Waals surface area contributed by atoms with Crippen LogP contribution in [0, 0.1) is 0 Å². The van der Waals surface area contributed by atoms with Gasteiger partial charge in [0.1, 0.15) is 0 Å². The second kappa shape index (κ2) is 10.6. The number of fused-ring (bicyclic) bond motifs is 11. The van der Waals surface area contributed by atoms with Gasteiger partial charge in [0.05, 0.1) is 22.2 Å². The average molecular weight is 654 g/mol. The first kappa shape index (κ1) is 27.6. The van der Waals surface area contributed by atoms with Crippen molar-refractivity contribution >= 4 is 85.8 Å². The van der Waals surface area contributed by atoms with Gasteiger partial charge in [0.25, 0.3) is 0 Å². The molecule has 0 atom stereocenters. The summed E-state index contributed by atoms with van der Waals surface area (Å²) in [5.74, 6) is 0.667. The molecule has 0 fully saturated rings. The number of rotatable bonds is 3. The SMILES string of the molecule is c1ccc(-c2nc(-n3c4ccccc4c4cccc(-c5ccc6c(c5)sc5ccc7ccccc7c56)c43)nc3c2ccc2ccccc23)cc1. The van der Waals surface area contributed by atoms with Crippen molar-refractivity contribution in [2.45, 2.75) is 0 Å². The zero-order valence-electron chi connectivity index (χ0n) is 26.8. The molecule has 0 saturated heterocycles. The normalized spacial score (nSPS) is 12.0. The van der Waals surface area contributed by atoms with E-state index in [1.807, 2.05) is 11.3 Å². The Kier molecular flexibility index (Phi) is 5.83. The largest absolute Gasteiger partial charge is 0.277 e. The van der Waals surface area contributed by atoms with Crippen LogP contribution >= 0.6 is 11.3 Å². The zero-order chi connectivity index (χ0) is 32.8. The maximum absolute atomic E-state index is 5.43. The lowest BCUT2D eigenvalue weighted by Gasteiger charge is -2.14. The maximum atomic E-state index is 5.43. The second-order valence-corrected chi connectivity index (χ2v) is 14.0. The van der Waals surface area contributed by atoms with Gasteiger partial charge in [-0.25, -0.2) is 9.97 Å². The van der Waals surface area contributed by atoms with Crippen LogP contribution in [0.25, 0.3) is 103 Å². The summed E-state index contributed by atoms with van der Waals surface area (Å²) in [6, 6.07) is 58.8. The molecule has 3 aromatic heterocycles. The number of benzene rings is 8. The summed E-state index contributed by atoms with van der Waals surface area (Å²) < 4.78 is 4.89. The van der Waals surface area contributed by atoms with Crippen molar-refractivity contribution in [3.63, 3.8) is 0 Å². The molecule has 3 nitrogen and oxygen atoms in total. The Hall–Kier alpha value is -6.36. The van der Waals surface area contributed by atoms with Crippen molar-refractivity contribution in [2.24, 2.45) is 0 Å². The van der Waals surface area contributed by atoms with Crippen LogP contribution in [-0.2, 0) is 0 Å². The highest BCUT2D eigenvalue weighted by Gasteiger charge is 2.21. The smallest absolute Gasteiger partial charge is 0.235 e. The molecule has 0 unspecified atom stereocenters. The summed E-state index contributed by atoms with van der Waals surface area (Å²) in [5, 5.41) is 10.9. The zero-order valence-corrected chi connectivity index (χ0v) is 27.7. The van der Waals surface area contributed by atoms with Crippen LogP contribution in [0.4, 0.5) is 0 Å². The summed E-state index contributed by atoms with van der Waals surface area (Å²) in [7, 11) is 0. The standard InChI is InChI=1S/C46H27N3S/c1-2-13-30(14-3-1)43-38-25-21-29-12-5-7-16-33(29)44(38)48-46(47-43)49-39-20-9-8-17-35(39)36-19-10-18-34(45(36)49)31-22-24-37-41(27-31)50-40-26-23-28-11-4-6-15-32(28)42(37)40/h1-27H. The van der Waals surface area contributed by atoms with E-state index in [1.165, 1.54) is 47.3 Å². The number of hydrogen-bond donors (Lipinski definition) is 0. The molecular weight excluding hydrogens is 627 g/mol. The summed E-state index contributed by atoms with van der Waals surface area (Å²) in [6.45, 7) is 0. The first-order valence-corrected chi connectivity index (χ1v) is 17.7. The van der Waals surface area contributed by atoms with Gasteiger partial charge in [-0.1, -0.05) is 140 Å². The van der Waals surface area contributed by atoms with Crippen LogP contribution in [0.5, 0.6) is 0 Å². The first-order chi connectivity index (χ1) is 24.8. The lowest BCUT2D eigenvalue weighted by atomic mass is 9.99. The van der Waals surface area contributed by atoms with Crippen molar-refractivity contribution in [2.75, 3.05) is 0 Å². The highest BCUT2D eigenvalue weighted by Crippen LogP contribution is 2.43. The van der Waals surface area contributed by atoms with Gasteiger partial charge in [0.2, 0.25) is 5.95 Å². The Bertz CT molecular complexity index is 3150. The average Bonchev–Trinajstić information content (AvgIpc) is 3.73. The molecule has 0 N–H and O–H groups in total. The van der Waals surface area contributed by atoms with Gasteiger partial charge < -0.3 is 0 Å². The van der Waals surface area contributed by atoms with Gasteiger partial charge in [0, 0.05) is 52.8 Å². The van der Waals surface area contributed by atoms with Crippen LogP contribution in [-0.4, -0.2) is 14.5 Å². The molecule has 0 bridgehead atoms. The summed E-state index contributed by atoms with van der Waals surface area (Å²) in [4.78, 5) is 10.8. The van der Waals surface area contributed by atoms with E-state index in [4.69, 9.17) is 9.97 Å². The predicted octanol–water partition coefficient (Wildman–Crippen LogP) is 12.7. The molecule has 0 spiro atoms. The highest BCUT2D eigenvalue weighted by atomic mass is 32.1. The molecule has 50 heavy (non-hydrogen) atoms. The van der Waals surface area contributed by atoms with E-state index in [0.717, 1.165) is 49.5 Å². The van der Waals surface area contributed by atoms with Crippen LogP contribution < -0.4 is 0 Å². The number of para-hydroxylation sites is 2. The lowest BCUT2D eigenvalue weighted by Crippen LogP contribution is -2.04. The minimum atomic E-state index is 0.667. The van der Waals surface area contributed by atoms with E-state index < -0.39 is 0 Å². The Labute approximate surface area is 291 Å². The molecule has 0 saturated carbocycles. The number of aromatic nitrogens is 3. The molecule has 4 heteroatoms. The van der Waals surface area contributed by atoms with Crippen molar-refractivity contribution in [1.29, 1.82) is 0 Å². The molecule has 0 radical (unpaired) electrons. The Morgan fingerprint density at radius 3 is 2.02 bits per heavy atom. The highest BCUT2D eigenvalue weighted by molar-refractivity contribution is 7.26. The van der Waals surface area contributed by atoms with Gasteiger partial charge >= 0.3 is 0 Å². The molecular formula is C46H27N3S. The number of hydrogen-bond acceptors (Lipinski definition) is 3. The predicted molar refractivity (Wildman–Crippen MR) is 213 cm³/mol. The van der Waals surface area contributed by atoms with Gasteiger partial charge in [-0.15, -0.1) is 11.3 Å². The lowest BCUT2D eigenvalue weighted by molar-refractivity contribution is 1.02. The van der Waals surface area contributed by atoms with Gasteiger partial charge in [-0.2, -0.15) is 0 Å². The molecule has 0 aliphatic rings. The quantitative estimate of drug-likeness (QED) is 0.178. The Morgan fingerprint density at radius 1 is 0.440 bits per heavy atom. The molecule has 0 aliphatic carbocycles. The van der Waals surface area contributed by atoms with Crippen LogP contribution in [0.15, 0.2) is 164 Å². The third-order valence-corrected chi connectivity index (χ3v) is 11.3. The van der Waals surface area contributed by atoms with Crippen molar-refractivity contribution in [3.05, 3.63) is 164 Å². The molecule has 11 rings (SSSR count). The minimum absolute atomic E-state index is 0.667. The van der Waals surface area contributed by atoms with Gasteiger partial charge in [-0.05, 0) is 46.0 Å². The minimum Gasteiger partial charge on any atom is -0.277 e. The van der Waals surface area contributed by atoms with E-state index >= 15 is 0 Å². The Morgan fingerprint density at radius 2 is 1.14 bits per heavy atom. The molecule has 3 heterocycles. The third-order valence-electron chi connectivity index (χ3n) is 10.2. The molecule has 232 valence electrons. The van der Waals surface area contributed by atoms with E-state index in [-0.39, 0.29) is 0 Å². The van der Waals surface area contributed by atoms with Crippen molar-refractivity contribution < 1.29 is 0 Å². The van der Waals surface area contributed by atoms with Gasteiger partial charge in [0.15, 0.2) is 0 Å². The molecule has 8 aromatic carbocycles. The fraction of sp³-hybridized carbons (Fsp3) is 0. The topological polar surface area (TPSA) is 30.7 Å². The van der Waals surface area contributed by atoms with Crippen molar-refractivity contribution in [1.82, 2.24) is 14.5 Å². The molecule has 0 amide bonds. The second-order valence-electron chi connectivity index (χ2n) is 12.9. The van der Waals surface area contributed by atoms with E-state index in [0.29, 0.717) is 5.95 Å². The van der Waals surface area contributed by atoms with E-state index in [9.17, 15) is 0 Å². The fourth-order valence-electron chi connectivity index (χ4n) is 7.94. The molecule has 0 aliphatic heterocycles. The first-order valence-electron chi connectivity index (χ1n) is 16.9. The van der Waals surface area contributed by atoms with Crippen LogP contribution in [0.1, 0.15) is 0 Å². The Balaban J connectivity index is 1.23. The third kappa shape index (κ3) is 3.97. The van der Waals surface area contributed by atoms with Crippen LogP contribution in [0.3, 0.4) is 0 Å². The van der Waals surface area contributed by atoms with E-state index in [2.05, 4.69) is 168 Å². The fourth-order valence-corrected chi connectivity index (χ4v) is 9.10. The number of thiophene rings is 1. The van der Waals surface area contributed by atoms with E-state index in [1.54, 1.807) is 0 Å².